The van der Waals surface area contributed by atoms with Crippen molar-refractivity contribution < 1.29 is 9.59 Å². The summed E-state index contributed by atoms with van der Waals surface area (Å²) in [5, 5.41) is 5.80. The van der Waals surface area contributed by atoms with E-state index in [9.17, 15) is 9.59 Å². The van der Waals surface area contributed by atoms with E-state index in [2.05, 4.69) is 29.7 Å². The second kappa shape index (κ2) is 8.11. The van der Waals surface area contributed by atoms with Gasteiger partial charge in [0.1, 0.15) is 0 Å². The molecule has 1 saturated heterocycles. The smallest absolute Gasteiger partial charge is 0.321 e. The fraction of sp³-hybridized carbons (Fsp3) is 0.619. The summed E-state index contributed by atoms with van der Waals surface area (Å²) in [6, 6.07) is 8.02. The van der Waals surface area contributed by atoms with Crippen molar-refractivity contribution >= 4 is 17.6 Å². The van der Waals surface area contributed by atoms with E-state index >= 15 is 0 Å². The second-order valence-corrected chi connectivity index (χ2v) is 7.85. The van der Waals surface area contributed by atoms with Crippen LogP contribution in [0.4, 0.5) is 10.5 Å². The molecular weight excluding hydrogens is 326 g/mol. The van der Waals surface area contributed by atoms with Crippen molar-refractivity contribution in [3.8, 4) is 0 Å². The van der Waals surface area contributed by atoms with E-state index in [0.717, 1.165) is 37.8 Å². The molecule has 0 bridgehead atoms. The molecule has 5 heteroatoms. The Kier molecular flexibility index (Phi) is 5.84. The minimum Gasteiger partial charge on any atom is -0.359 e. The third-order valence-electron chi connectivity index (χ3n) is 6.12. The number of urea groups is 1. The summed E-state index contributed by atoms with van der Waals surface area (Å²) in [6.45, 7) is 3.39. The van der Waals surface area contributed by atoms with Crippen LogP contribution in [0.1, 0.15) is 51.0 Å². The number of carbonyl (C=O) groups is 2. The number of nitrogens with one attached hydrogen (secondary N) is 2. The molecule has 2 fully saturated rings. The first kappa shape index (κ1) is 18.7. The van der Waals surface area contributed by atoms with E-state index in [4.69, 9.17) is 0 Å². The number of rotatable bonds is 5. The van der Waals surface area contributed by atoms with Crippen LogP contribution < -0.4 is 10.6 Å². The summed E-state index contributed by atoms with van der Waals surface area (Å²) >= 11 is 0. The van der Waals surface area contributed by atoms with Gasteiger partial charge in [-0.3, -0.25) is 4.79 Å². The molecule has 1 aliphatic carbocycles. The summed E-state index contributed by atoms with van der Waals surface area (Å²) in [7, 11) is 1.69. The molecule has 2 N–H and O–H groups in total. The lowest BCUT2D eigenvalue weighted by atomic mass is 9.76. The highest BCUT2D eigenvalue weighted by atomic mass is 16.2. The highest BCUT2D eigenvalue weighted by molar-refractivity contribution is 5.90. The van der Waals surface area contributed by atoms with Crippen LogP contribution in [0.5, 0.6) is 0 Å². The number of unbranched alkanes of at least 4 members (excludes halogenated alkanes) is 1. The summed E-state index contributed by atoms with van der Waals surface area (Å²) < 4.78 is 0. The predicted molar refractivity (Wildman–Crippen MR) is 104 cm³/mol. The molecular formula is C21H31N3O2. The third-order valence-corrected chi connectivity index (χ3v) is 6.12. The maximum atomic E-state index is 12.8. The molecule has 1 aromatic rings. The van der Waals surface area contributed by atoms with E-state index in [1.54, 1.807) is 7.05 Å². The maximum absolute atomic E-state index is 12.8. The molecule has 0 aromatic heterocycles. The monoisotopic (exact) mass is 357 g/mol. The van der Waals surface area contributed by atoms with Crippen molar-refractivity contribution in [2.75, 3.05) is 25.5 Å². The summed E-state index contributed by atoms with van der Waals surface area (Å²) in [5.74, 6) is -0.0142. The van der Waals surface area contributed by atoms with Crippen LogP contribution >= 0.6 is 0 Å². The average molecular weight is 357 g/mol. The zero-order valence-corrected chi connectivity index (χ0v) is 16.0. The fourth-order valence-electron chi connectivity index (χ4n) is 4.58. The third kappa shape index (κ3) is 3.87. The Balaban J connectivity index is 1.64. The first-order chi connectivity index (χ1) is 12.6. The summed E-state index contributed by atoms with van der Waals surface area (Å²) in [6.07, 6.45) is 7.84. The van der Waals surface area contributed by atoms with Gasteiger partial charge in [0.25, 0.3) is 0 Å². The summed E-state index contributed by atoms with van der Waals surface area (Å²) in [4.78, 5) is 26.9. The molecule has 0 radical (unpaired) electrons. The lowest BCUT2D eigenvalue weighted by Crippen LogP contribution is -2.38. The molecule has 1 saturated carbocycles. The van der Waals surface area contributed by atoms with Gasteiger partial charge in [0.15, 0.2) is 0 Å². The normalized spacial score (nSPS) is 21.2. The first-order valence-corrected chi connectivity index (χ1v) is 9.94. The van der Waals surface area contributed by atoms with Gasteiger partial charge in [0.2, 0.25) is 5.91 Å². The molecule has 1 atom stereocenters. The SMILES string of the molecule is CCCCc1ccc(NC(=O)N2CC(C(=O)NC)C3(CCCC3)C2)cc1. The van der Waals surface area contributed by atoms with Crippen LogP contribution in [0, 0.1) is 11.3 Å². The highest BCUT2D eigenvalue weighted by Gasteiger charge is 2.52. The minimum atomic E-state index is -0.0935. The van der Waals surface area contributed by atoms with Crippen LogP contribution in [0.15, 0.2) is 24.3 Å². The van der Waals surface area contributed by atoms with Gasteiger partial charge < -0.3 is 15.5 Å². The topological polar surface area (TPSA) is 61.4 Å². The molecule has 3 amide bonds. The van der Waals surface area contributed by atoms with Crippen molar-refractivity contribution in [2.45, 2.75) is 51.9 Å². The number of likely N-dealkylation sites (tertiary alicyclic amines) is 1. The average Bonchev–Trinajstić information content (AvgIpc) is 3.28. The molecule has 142 valence electrons. The van der Waals surface area contributed by atoms with Crippen molar-refractivity contribution in [3.05, 3.63) is 29.8 Å². The Bertz CT molecular complexity index is 635. The van der Waals surface area contributed by atoms with Crippen molar-refractivity contribution in [1.29, 1.82) is 0 Å². The van der Waals surface area contributed by atoms with Gasteiger partial charge in [-0.1, -0.05) is 38.3 Å². The number of nitrogens with zero attached hydrogens (tertiary/aromatic N) is 1. The van der Waals surface area contributed by atoms with Gasteiger partial charge in [-0.05, 0) is 43.4 Å². The molecule has 26 heavy (non-hydrogen) atoms. The van der Waals surface area contributed by atoms with Gasteiger partial charge in [-0.25, -0.2) is 4.79 Å². The van der Waals surface area contributed by atoms with E-state index in [1.165, 1.54) is 18.4 Å². The highest BCUT2D eigenvalue weighted by Crippen LogP contribution is 2.49. The molecule has 1 unspecified atom stereocenters. The Labute approximate surface area is 156 Å². The number of amides is 3. The zero-order chi connectivity index (χ0) is 18.6. The van der Waals surface area contributed by atoms with E-state index in [0.29, 0.717) is 13.1 Å². The minimum absolute atomic E-state index is 0.0263. The molecule has 1 spiro atoms. The van der Waals surface area contributed by atoms with Gasteiger partial charge in [-0.15, -0.1) is 0 Å². The molecule has 3 rings (SSSR count). The first-order valence-electron chi connectivity index (χ1n) is 9.94. The number of hydrogen-bond donors (Lipinski definition) is 2. The van der Waals surface area contributed by atoms with Gasteiger partial charge in [-0.2, -0.15) is 0 Å². The molecule has 1 heterocycles. The maximum Gasteiger partial charge on any atom is 0.321 e. The van der Waals surface area contributed by atoms with Crippen molar-refractivity contribution in [2.24, 2.45) is 11.3 Å². The quantitative estimate of drug-likeness (QED) is 0.842. The zero-order valence-electron chi connectivity index (χ0n) is 16.0. The second-order valence-electron chi connectivity index (χ2n) is 7.85. The number of aryl methyl sites for hydroxylation is 1. The summed E-state index contributed by atoms with van der Waals surface area (Å²) in [5.41, 5.74) is 2.09. The van der Waals surface area contributed by atoms with Gasteiger partial charge in [0, 0.05) is 31.2 Å². The lowest BCUT2D eigenvalue weighted by molar-refractivity contribution is -0.127. The van der Waals surface area contributed by atoms with E-state index in [-0.39, 0.29) is 23.3 Å². The standard InChI is InChI=1S/C21H31N3O2/c1-3-4-7-16-8-10-17(11-9-16)23-20(26)24-14-18(19(25)22-2)21(15-24)12-5-6-13-21/h8-11,18H,3-7,12-15H2,1-2H3,(H,22,25)(H,23,26). The van der Waals surface area contributed by atoms with Crippen LogP contribution in [-0.2, 0) is 11.2 Å². The Hall–Kier alpha value is -2.04. The fourth-order valence-corrected chi connectivity index (χ4v) is 4.58. The van der Waals surface area contributed by atoms with E-state index in [1.807, 2.05) is 17.0 Å². The van der Waals surface area contributed by atoms with Crippen molar-refractivity contribution in [3.63, 3.8) is 0 Å². The van der Waals surface area contributed by atoms with Crippen LogP contribution in [0.3, 0.4) is 0 Å². The number of carbonyl (C=O) groups excluding carboxylic acids is 2. The molecule has 1 aromatic carbocycles. The predicted octanol–water partition coefficient (Wildman–Crippen LogP) is 3.80. The molecule has 5 nitrogen and oxygen atoms in total. The number of anilines is 1. The van der Waals surface area contributed by atoms with Gasteiger partial charge in [0.05, 0.1) is 5.92 Å². The van der Waals surface area contributed by atoms with Crippen LogP contribution in [-0.4, -0.2) is 37.0 Å². The van der Waals surface area contributed by atoms with Crippen molar-refractivity contribution in [1.82, 2.24) is 10.2 Å². The molecule has 2 aliphatic rings. The Morgan fingerprint density at radius 1 is 1.19 bits per heavy atom. The van der Waals surface area contributed by atoms with Crippen LogP contribution in [0.25, 0.3) is 0 Å². The molecule has 1 aliphatic heterocycles. The largest absolute Gasteiger partial charge is 0.359 e. The van der Waals surface area contributed by atoms with Crippen LogP contribution in [0.2, 0.25) is 0 Å². The lowest BCUT2D eigenvalue weighted by Gasteiger charge is -2.28. The van der Waals surface area contributed by atoms with Gasteiger partial charge >= 0.3 is 6.03 Å². The number of hydrogen-bond acceptors (Lipinski definition) is 2. The Morgan fingerprint density at radius 3 is 2.50 bits per heavy atom. The Morgan fingerprint density at radius 2 is 1.88 bits per heavy atom. The number of benzene rings is 1. The van der Waals surface area contributed by atoms with E-state index < -0.39 is 0 Å².